The molecule has 2 amide bonds. The first-order valence-electron chi connectivity index (χ1n) is 9.00. The molecule has 3 rings (SSSR count). The topological polar surface area (TPSA) is 87.5 Å². The predicted octanol–water partition coefficient (Wildman–Crippen LogP) is 2.10. The number of hydrogen-bond acceptors (Lipinski definition) is 5. The van der Waals surface area contributed by atoms with Gasteiger partial charge in [0.05, 0.1) is 6.26 Å². The Bertz CT molecular complexity index is 724. The molecule has 1 fully saturated rings. The first-order valence-corrected chi connectivity index (χ1v) is 9.00. The Morgan fingerprint density at radius 1 is 1.19 bits per heavy atom. The van der Waals surface area contributed by atoms with E-state index in [0.29, 0.717) is 25.9 Å². The lowest BCUT2D eigenvalue weighted by Gasteiger charge is -2.17. The third kappa shape index (κ3) is 5.08. The van der Waals surface area contributed by atoms with Gasteiger partial charge in [-0.15, -0.1) is 0 Å². The fourth-order valence-electron chi connectivity index (χ4n) is 2.92. The number of amides is 2. The molecule has 7 nitrogen and oxygen atoms in total. The molecule has 1 aliphatic rings. The van der Waals surface area contributed by atoms with Crippen LogP contribution in [0.25, 0.3) is 0 Å². The highest BCUT2D eigenvalue weighted by molar-refractivity contribution is 5.91. The molecule has 1 saturated heterocycles. The van der Waals surface area contributed by atoms with Gasteiger partial charge in [-0.2, -0.15) is 0 Å². The van der Waals surface area contributed by atoms with Crippen molar-refractivity contribution in [3.63, 3.8) is 0 Å². The third-order valence-electron chi connectivity index (χ3n) is 4.34. The van der Waals surface area contributed by atoms with Crippen molar-refractivity contribution in [2.75, 3.05) is 24.5 Å². The van der Waals surface area contributed by atoms with Gasteiger partial charge in [0.15, 0.2) is 5.76 Å². The van der Waals surface area contributed by atoms with Gasteiger partial charge >= 0.3 is 0 Å². The molecule has 0 bridgehead atoms. The van der Waals surface area contributed by atoms with Crippen LogP contribution in [0.3, 0.4) is 0 Å². The molecule has 26 heavy (non-hydrogen) atoms. The zero-order valence-corrected chi connectivity index (χ0v) is 14.7. The number of carbonyl (C=O) groups excluding carboxylic acids is 2. The summed E-state index contributed by atoms with van der Waals surface area (Å²) in [5, 5.41) is 5.64. The van der Waals surface area contributed by atoms with Crippen LogP contribution in [0.15, 0.2) is 41.1 Å². The highest BCUT2D eigenvalue weighted by Gasteiger charge is 2.13. The summed E-state index contributed by atoms with van der Waals surface area (Å²) in [5.41, 5.74) is 1.04. The summed E-state index contributed by atoms with van der Waals surface area (Å²) in [6.45, 7) is 3.02. The molecule has 138 valence electrons. The van der Waals surface area contributed by atoms with Crippen LogP contribution in [0, 0.1) is 0 Å². The third-order valence-corrected chi connectivity index (χ3v) is 4.34. The van der Waals surface area contributed by atoms with Crippen LogP contribution in [0.2, 0.25) is 0 Å². The van der Waals surface area contributed by atoms with Gasteiger partial charge in [-0.25, -0.2) is 4.98 Å². The Morgan fingerprint density at radius 3 is 2.81 bits per heavy atom. The van der Waals surface area contributed by atoms with Gasteiger partial charge in [0, 0.05) is 38.8 Å². The number of hydrogen-bond donors (Lipinski definition) is 2. The lowest BCUT2D eigenvalue weighted by Crippen LogP contribution is -2.27. The zero-order valence-electron chi connectivity index (χ0n) is 14.7. The predicted molar refractivity (Wildman–Crippen MR) is 97.8 cm³/mol. The van der Waals surface area contributed by atoms with Crippen LogP contribution < -0.4 is 15.5 Å². The monoisotopic (exact) mass is 356 g/mol. The minimum absolute atomic E-state index is 0.0308. The van der Waals surface area contributed by atoms with Crippen LogP contribution in [-0.2, 0) is 11.3 Å². The molecule has 0 atom stereocenters. The Kier molecular flexibility index (Phi) is 6.24. The highest BCUT2D eigenvalue weighted by Crippen LogP contribution is 2.18. The fraction of sp³-hybridized carbons (Fsp3) is 0.421. The highest BCUT2D eigenvalue weighted by atomic mass is 16.3. The molecular formula is C19H24N4O3. The maximum atomic E-state index is 12.0. The molecule has 1 aliphatic heterocycles. The standard InChI is InChI=1S/C19H24N4O3/c24-18(6-3-8-21-19(25)16-5-4-12-26-16)22-14-15-7-9-20-17(13-15)23-10-1-2-11-23/h4-5,7,9,12-13H,1-3,6,8,10-11,14H2,(H,21,25)(H,22,24). The molecule has 0 saturated carbocycles. The maximum Gasteiger partial charge on any atom is 0.286 e. The second-order valence-corrected chi connectivity index (χ2v) is 6.33. The van der Waals surface area contributed by atoms with Gasteiger partial charge in [0.25, 0.3) is 5.91 Å². The van der Waals surface area contributed by atoms with Crippen molar-refractivity contribution in [3.8, 4) is 0 Å². The number of pyridine rings is 1. The number of anilines is 1. The summed E-state index contributed by atoms with van der Waals surface area (Å²) < 4.78 is 5.01. The summed E-state index contributed by atoms with van der Waals surface area (Å²) in [5.74, 6) is 0.967. The van der Waals surface area contributed by atoms with E-state index in [2.05, 4.69) is 20.5 Å². The largest absolute Gasteiger partial charge is 0.459 e. The average molecular weight is 356 g/mol. The van der Waals surface area contributed by atoms with Crippen LogP contribution in [0.1, 0.15) is 41.8 Å². The number of furan rings is 1. The van der Waals surface area contributed by atoms with Crippen molar-refractivity contribution in [1.82, 2.24) is 15.6 Å². The lowest BCUT2D eigenvalue weighted by molar-refractivity contribution is -0.121. The van der Waals surface area contributed by atoms with E-state index in [9.17, 15) is 9.59 Å². The number of carbonyl (C=O) groups is 2. The molecule has 7 heteroatoms. The van der Waals surface area contributed by atoms with E-state index >= 15 is 0 Å². The molecule has 0 aromatic carbocycles. The number of rotatable bonds is 8. The van der Waals surface area contributed by atoms with Crippen molar-refractivity contribution in [2.24, 2.45) is 0 Å². The normalized spacial score (nSPS) is 13.6. The zero-order chi connectivity index (χ0) is 18.2. The van der Waals surface area contributed by atoms with E-state index in [4.69, 9.17) is 4.42 Å². The molecule has 0 radical (unpaired) electrons. The van der Waals surface area contributed by atoms with E-state index in [0.717, 1.165) is 24.5 Å². The molecular weight excluding hydrogens is 332 g/mol. The Labute approximate surface area is 152 Å². The molecule has 0 unspecified atom stereocenters. The number of nitrogens with zero attached hydrogens (tertiary/aromatic N) is 2. The first kappa shape index (κ1) is 18.0. The van der Waals surface area contributed by atoms with Gasteiger partial charge in [-0.1, -0.05) is 0 Å². The minimum Gasteiger partial charge on any atom is -0.459 e. The summed E-state index contributed by atoms with van der Waals surface area (Å²) in [6, 6.07) is 7.22. The van der Waals surface area contributed by atoms with Gasteiger partial charge in [0.1, 0.15) is 5.82 Å². The summed E-state index contributed by atoms with van der Waals surface area (Å²) >= 11 is 0. The Hall–Kier alpha value is -2.83. The Balaban J connectivity index is 1.35. The van der Waals surface area contributed by atoms with Crippen LogP contribution in [-0.4, -0.2) is 36.4 Å². The van der Waals surface area contributed by atoms with Crippen LogP contribution in [0.5, 0.6) is 0 Å². The smallest absolute Gasteiger partial charge is 0.286 e. The van der Waals surface area contributed by atoms with Crippen molar-refractivity contribution >= 4 is 17.6 Å². The van der Waals surface area contributed by atoms with Gasteiger partial charge < -0.3 is 20.0 Å². The second-order valence-electron chi connectivity index (χ2n) is 6.33. The van der Waals surface area contributed by atoms with Crippen molar-refractivity contribution in [2.45, 2.75) is 32.2 Å². The van der Waals surface area contributed by atoms with E-state index in [1.807, 2.05) is 12.1 Å². The van der Waals surface area contributed by atoms with Crippen LogP contribution >= 0.6 is 0 Å². The minimum atomic E-state index is -0.262. The molecule has 2 N–H and O–H groups in total. The fourth-order valence-corrected chi connectivity index (χ4v) is 2.92. The van der Waals surface area contributed by atoms with E-state index in [1.165, 1.54) is 19.1 Å². The molecule has 3 heterocycles. The number of aromatic nitrogens is 1. The van der Waals surface area contributed by atoms with E-state index < -0.39 is 0 Å². The Morgan fingerprint density at radius 2 is 2.04 bits per heavy atom. The summed E-state index contributed by atoms with van der Waals surface area (Å²) in [7, 11) is 0. The lowest BCUT2D eigenvalue weighted by atomic mass is 10.2. The van der Waals surface area contributed by atoms with Crippen molar-refractivity contribution < 1.29 is 14.0 Å². The molecule has 0 spiro atoms. The average Bonchev–Trinajstić information content (AvgIpc) is 3.37. The maximum absolute atomic E-state index is 12.0. The number of nitrogens with one attached hydrogen (secondary N) is 2. The SMILES string of the molecule is O=C(CCCNC(=O)c1ccco1)NCc1ccnc(N2CCCC2)c1. The first-order chi connectivity index (χ1) is 12.7. The van der Waals surface area contributed by atoms with Crippen molar-refractivity contribution in [1.29, 1.82) is 0 Å². The molecule has 2 aromatic rings. The summed E-state index contributed by atoms with van der Waals surface area (Å²) in [6.07, 6.45) is 6.60. The summed E-state index contributed by atoms with van der Waals surface area (Å²) in [4.78, 5) is 30.3. The van der Waals surface area contributed by atoms with E-state index in [1.54, 1.807) is 18.3 Å². The van der Waals surface area contributed by atoms with Gasteiger partial charge in [0.2, 0.25) is 5.91 Å². The quantitative estimate of drug-likeness (QED) is 0.707. The molecule has 2 aromatic heterocycles. The second kappa shape index (κ2) is 9.03. The molecule has 0 aliphatic carbocycles. The van der Waals surface area contributed by atoms with Gasteiger partial charge in [-0.3, -0.25) is 9.59 Å². The van der Waals surface area contributed by atoms with Crippen molar-refractivity contribution in [3.05, 3.63) is 48.0 Å². The van der Waals surface area contributed by atoms with E-state index in [-0.39, 0.29) is 17.6 Å². The van der Waals surface area contributed by atoms with Gasteiger partial charge in [-0.05, 0) is 49.1 Å². The van der Waals surface area contributed by atoms with Crippen LogP contribution in [0.4, 0.5) is 5.82 Å².